The maximum atomic E-state index is 12.2. The molecule has 1 amide bonds. The molecule has 1 aliphatic heterocycles. The first-order valence-corrected chi connectivity index (χ1v) is 7.09. The van der Waals surface area contributed by atoms with E-state index < -0.39 is 0 Å². The second-order valence-corrected chi connectivity index (χ2v) is 6.23. The third kappa shape index (κ3) is 2.66. The maximum absolute atomic E-state index is 12.2. The zero-order valence-electron chi connectivity index (χ0n) is 11.4. The van der Waals surface area contributed by atoms with E-state index in [9.17, 15) is 4.79 Å². The van der Waals surface area contributed by atoms with Crippen LogP contribution >= 0.6 is 0 Å². The van der Waals surface area contributed by atoms with Gasteiger partial charge < -0.3 is 10.1 Å². The SMILES string of the molecule is CC1(CNC(=O)[C@@H]2CCc3ccccc3C2)COC1. The molecule has 3 heteroatoms. The summed E-state index contributed by atoms with van der Waals surface area (Å²) in [5.41, 5.74) is 2.90. The summed E-state index contributed by atoms with van der Waals surface area (Å²) in [7, 11) is 0. The van der Waals surface area contributed by atoms with E-state index in [-0.39, 0.29) is 17.2 Å². The van der Waals surface area contributed by atoms with Crippen molar-refractivity contribution in [3.05, 3.63) is 35.4 Å². The van der Waals surface area contributed by atoms with Gasteiger partial charge in [0.1, 0.15) is 0 Å². The average Bonchev–Trinajstić information content (AvgIpc) is 2.42. The highest BCUT2D eigenvalue weighted by Gasteiger charge is 2.34. The summed E-state index contributed by atoms with van der Waals surface area (Å²) >= 11 is 0. The van der Waals surface area contributed by atoms with E-state index in [1.807, 2.05) is 0 Å². The molecule has 0 aromatic heterocycles. The number of carbonyl (C=O) groups excluding carboxylic acids is 1. The molecule has 0 bridgehead atoms. The molecule has 102 valence electrons. The van der Waals surface area contributed by atoms with Crippen molar-refractivity contribution < 1.29 is 9.53 Å². The van der Waals surface area contributed by atoms with Gasteiger partial charge in [-0.1, -0.05) is 31.2 Å². The summed E-state index contributed by atoms with van der Waals surface area (Å²) in [6.45, 7) is 4.43. The van der Waals surface area contributed by atoms with Crippen LogP contribution in [0.5, 0.6) is 0 Å². The Bertz CT molecular complexity index is 479. The van der Waals surface area contributed by atoms with Crippen molar-refractivity contribution in [2.75, 3.05) is 19.8 Å². The summed E-state index contributed by atoms with van der Waals surface area (Å²) in [5.74, 6) is 0.349. The third-order valence-corrected chi connectivity index (χ3v) is 4.31. The van der Waals surface area contributed by atoms with Gasteiger partial charge in [-0.25, -0.2) is 0 Å². The van der Waals surface area contributed by atoms with Gasteiger partial charge in [0.2, 0.25) is 5.91 Å². The van der Waals surface area contributed by atoms with E-state index >= 15 is 0 Å². The van der Waals surface area contributed by atoms with Gasteiger partial charge >= 0.3 is 0 Å². The van der Waals surface area contributed by atoms with E-state index in [2.05, 4.69) is 36.5 Å². The first-order chi connectivity index (χ1) is 9.16. The van der Waals surface area contributed by atoms with E-state index in [0.29, 0.717) is 0 Å². The largest absolute Gasteiger partial charge is 0.380 e. The van der Waals surface area contributed by atoms with Crippen LogP contribution in [0.25, 0.3) is 0 Å². The normalized spacial score (nSPS) is 24.2. The molecule has 1 atom stereocenters. The number of carbonyl (C=O) groups is 1. The molecule has 0 saturated carbocycles. The topological polar surface area (TPSA) is 38.3 Å². The number of hydrogen-bond donors (Lipinski definition) is 1. The minimum Gasteiger partial charge on any atom is -0.380 e. The van der Waals surface area contributed by atoms with Crippen molar-refractivity contribution in [2.24, 2.45) is 11.3 Å². The summed E-state index contributed by atoms with van der Waals surface area (Å²) in [6.07, 6.45) is 2.87. The Balaban J connectivity index is 1.57. The Morgan fingerprint density at radius 3 is 2.79 bits per heavy atom. The van der Waals surface area contributed by atoms with Crippen molar-refractivity contribution in [2.45, 2.75) is 26.2 Å². The van der Waals surface area contributed by atoms with Gasteiger partial charge in [0.25, 0.3) is 0 Å². The summed E-state index contributed by atoms with van der Waals surface area (Å²) in [4.78, 5) is 12.2. The first kappa shape index (κ1) is 12.7. The van der Waals surface area contributed by atoms with Crippen LogP contribution in [0.3, 0.4) is 0 Å². The number of benzene rings is 1. The standard InChI is InChI=1S/C16H21NO2/c1-16(10-19-11-16)9-17-15(18)14-7-6-12-4-2-3-5-13(12)8-14/h2-5,14H,6-11H2,1H3,(H,17,18)/t14-/m1/s1. The molecule has 1 aliphatic carbocycles. The Morgan fingerprint density at radius 1 is 1.37 bits per heavy atom. The quantitative estimate of drug-likeness (QED) is 0.901. The number of rotatable bonds is 3. The number of fused-ring (bicyclic) bond motifs is 1. The second-order valence-electron chi connectivity index (χ2n) is 6.23. The third-order valence-electron chi connectivity index (χ3n) is 4.31. The molecule has 2 aliphatic rings. The van der Waals surface area contributed by atoms with Crippen LogP contribution in [0.1, 0.15) is 24.5 Å². The first-order valence-electron chi connectivity index (χ1n) is 7.09. The van der Waals surface area contributed by atoms with Gasteiger partial charge in [-0.3, -0.25) is 4.79 Å². The van der Waals surface area contributed by atoms with Gasteiger partial charge in [-0.05, 0) is 30.4 Å². The molecule has 1 aromatic carbocycles. The highest BCUT2D eigenvalue weighted by atomic mass is 16.5. The molecule has 0 unspecified atom stereocenters. The molecule has 1 fully saturated rings. The van der Waals surface area contributed by atoms with Crippen molar-refractivity contribution >= 4 is 5.91 Å². The van der Waals surface area contributed by atoms with E-state index in [1.165, 1.54) is 11.1 Å². The molecule has 0 radical (unpaired) electrons. The number of ether oxygens (including phenoxy) is 1. The molecule has 1 N–H and O–H groups in total. The minimum atomic E-state index is 0.138. The zero-order chi connectivity index (χ0) is 13.3. The summed E-state index contributed by atoms with van der Waals surface area (Å²) in [5, 5.41) is 3.11. The van der Waals surface area contributed by atoms with Gasteiger partial charge in [-0.2, -0.15) is 0 Å². The molecular weight excluding hydrogens is 238 g/mol. The van der Waals surface area contributed by atoms with Gasteiger partial charge in [0, 0.05) is 17.9 Å². The fourth-order valence-corrected chi connectivity index (χ4v) is 2.92. The molecule has 1 aromatic rings. The zero-order valence-corrected chi connectivity index (χ0v) is 11.4. The van der Waals surface area contributed by atoms with Gasteiger partial charge in [0.05, 0.1) is 13.2 Å². The Hall–Kier alpha value is -1.35. The van der Waals surface area contributed by atoms with E-state index in [4.69, 9.17) is 4.74 Å². The molecule has 1 saturated heterocycles. The van der Waals surface area contributed by atoms with Crippen LogP contribution < -0.4 is 5.32 Å². The maximum Gasteiger partial charge on any atom is 0.223 e. The van der Waals surface area contributed by atoms with Crippen LogP contribution in [-0.2, 0) is 22.4 Å². The second kappa shape index (κ2) is 4.97. The number of nitrogens with one attached hydrogen (secondary N) is 1. The monoisotopic (exact) mass is 259 g/mol. The number of aryl methyl sites for hydroxylation is 1. The molecule has 1 heterocycles. The predicted octanol–water partition coefficient (Wildman–Crippen LogP) is 1.94. The molecule has 0 spiro atoms. The lowest BCUT2D eigenvalue weighted by molar-refractivity contribution is -0.130. The fraction of sp³-hybridized carbons (Fsp3) is 0.562. The van der Waals surface area contributed by atoms with Crippen LogP contribution in [0.15, 0.2) is 24.3 Å². The summed E-state index contributed by atoms with van der Waals surface area (Å²) in [6, 6.07) is 8.47. The fourth-order valence-electron chi connectivity index (χ4n) is 2.92. The molecular formula is C16H21NO2. The number of hydrogen-bond acceptors (Lipinski definition) is 2. The van der Waals surface area contributed by atoms with Crippen LogP contribution in [-0.4, -0.2) is 25.7 Å². The Kier molecular flexibility index (Phi) is 3.31. The van der Waals surface area contributed by atoms with Gasteiger partial charge in [0.15, 0.2) is 0 Å². The van der Waals surface area contributed by atoms with Crippen molar-refractivity contribution in [1.29, 1.82) is 0 Å². The van der Waals surface area contributed by atoms with Crippen molar-refractivity contribution in [3.8, 4) is 0 Å². The predicted molar refractivity (Wildman–Crippen MR) is 73.9 cm³/mol. The summed E-state index contributed by atoms with van der Waals surface area (Å²) < 4.78 is 5.21. The van der Waals surface area contributed by atoms with Crippen molar-refractivity contribution in [1.82, 2.24) is 5.32 Å². The minimum absolute atomic E-state index is 0.138. The lowest BCUT2D eigenvalue weighted by Crippen LogP contribution is -2.49. The lowest BCUT2D eigenvalue weighted by Gasteiger charge is -2.38. The van der Waals surface area contributed by atoms with Crippen LogP contribution in [0.2, 0.25) is 0 Å². The van der Waals surface area contributed by atoms with E-state index in [1.54, 1.807) is 0 Å². The Morgan fingerprint density at radius 2 is 2.11 bits per heavy atom. The lowest BCUT2D eigenvalue weighted by atomic mass is 9.83. The van der Waals surface area contributed by atoms with Crippen molar-refractivity contribution in [3.63, 3.8) is 0 Å². The smallest absolute Gasteiger partial charge is 0.223 e. The van der Waals surface area contributed by atoms with E-state index in [0.717, 1.165) is 39.0 Å². The molecule has 3 nitrogen and oxygen atoms in total. The van der Waals surface area contributed by atoms with Crippen LogP contribution in [0.4, 0.5) is 0 Å². The highest BCUT2D eigenvalue weighted by Crippen LogP contribution is 2.27. The number of amides is 1. The van der Waals surface area contributed by atoms with Crippen LogP contribution in [0, 0.1) is 11.3 Å². The molecule has 3 rings (SSSR count). The van der Waals surface area contributed by atoms with Gasteiger partial charge in [-0.15, -0.1) is 0 Å². The average molecular weight is 259 g/mol. The Labute approximate surface area is 114 Å². The molecule has 19 heavy (non-hydrogen) atoms. The highest BCUT2D eigenvalue weighted by molar-refractivity contribution is 5.79.